The first-order chi connectivity index (χ1) is 10.4. The Bertz CT molecular complexity index is 760. The van der Waals surface area contributed by atoms with Crippen LogP contribution in [-0.2, 0) is 23.0 Å². The molecule has 0 aliphatic heterocycles. The number of benzene rings is 1. The fraction of sp³-hybridized carbons (Fsp3) is 0.385. The molecule has 0 fully saturated rings. The summed E-state index contributed by atoms with van der Waals surface area (Å²) < 4.78 is 36.1. The smallest absolute Gasteiger partial charge is 0.243 e. The van der Waals surface area contributed by atoms with Crippen LogP contribution in [0.2, 0.25) is 5.02 Å². The molecule has 9 heteroatoms. The number of halogens is 1. The molecule has 0 N–H and O–H groups in total. The van der Waals surface area contributed by atoms with Gasteiger partial charge in [-0.15, -0.1) is 0 Å². The first-order valence-electron chi connectivity index (χ1n) is 6.49. The Balaban J connectivity index is 2.23. The summed E-state index contributed by atoms with van der Waals surface area (Å²) in [5.74, 6) is 1.18. The zero-order chi connectivity index (χ0) is 16.3. The summed E-state index contributed by atoms with van der Waals surface area (Å²) in [6.45, 7) is 1.87. The van der Waals surface area contributed by atoms with E-state index in [1.807, 2.05) is 6.92 Å². The summed E-state index contributed by atoms with van der Waals surface area (Å²) in [7, 11) is -0.822. The second-order valence-electron chi connectivity index (χ2n) is 4.52. The molecule has 0 saturated heterocycles. The van der Waals surface area contributed by atoms with Crippen molar-refractivity contribution in [3.63, 3.8) is 0 Å². The molecule has 0 spiro atoms. The molecule has 0 aliphatic rings. The van der Waals surface area contributed by atoms with Gasteiger partial charge in [0.05, 0.1) is 23.6 Å². The maximum atomic E-state index is 12.5. The molecular weight excluding hydrogens is 330 g/mol. The van der Waals surface area contributed by atoms with Gasteiger partial charge in [-0.05, 0) is 18.2 Å². The fourth-order valence-corrected chi connectivity index (χ4v) is 3.23. The van der Waals surface area contributed by atoms with Crippen molar-refractivity contribution >= 4 is 21.6 Å². The van der Waals surface area contributed by atoms with Crippen LogP contribution >= 0.6 is 11.6 Å². The Kier molecular flexibility index (Phi) is 5.05. The first kappa shape index (κ1) is 16.7. The predicted octanol–water partition coefficient (Wildman–Crippen LogP) is 2.11. The van der Waals surface area contributed by atoms with Gasteiger partial charge in [-0.2, -0.15) is 9.29 Å². The van der Waals surface area contributed by atoms with E-state index >= 15 is 0 Å². The van der Waals surface area contributed by atoms with Gasteiger partial charge in [0.2, 0.25) is 15.9 Å². The average Bonchev–Trinajstić information content (AvgIpc) is 2.94. The van der Waals surface area contributed by atoms with Gasteiger partial charge in [0.25, 0.3) is 0 Å². The van der Waals surface area contributed by atoms with E-state index in [9.17, 15) is 8.42 Å². The summed E-state index contributed by atoms with van der Waals surface area (Å²) >= 11 is 5.97. The van der Waals surface area contributed by atoms with E-state index in [0.717, 1.165) is 4.31 Å². The lowest BCUT2D eigenvalue weighted by Gasteiger charge is -2.15. The van der Waals surface area contributed by atoms with Gasteiger partial charge in [0, 0.05) is 13.5 Å². The van der Waals surface area contributed by atoms with Crippen molar-refractivity contribution in [3.8, 4) is 5.75 Å². The highest BCUT2D eigenvalue weighted by atomic mass is 35.5. The van der Waals surface area contributed by atoms with Crippen LogP contribution in [0.1, 0.15) is 18.6 Å². The van der Waals surface area contributed by atoms with Gasteiger partial charge >= 0.3 is 0 Å². The van der Waals surface area contributed by atoms with Crippen molar-refractivity contribution in [2.75, 3.05) is 14.2 Å². The van der Waals surface area contributed by atoms with E-state index in [-0.39, 0.29) is 22.4 Å². The molecule has 0 saturated carbocycles. The molecule has 120 valence electrons. The topological polar surface area (TPSA) is 85.5 Å². The minimum absolute atomic E-state index is 0.0149. The Morgan fingerprint density at radius 1 is 1.41 bits per heavy atom. The Morgan fingerprint density at radius 3 is 2.68 bits per heavy atom. The van der Waals surface area contributed by atoms with Crippen molar-refractivity contribution in [1.82, 2.24) is 14.4 Å². The number of sulfonamides is 1. The summed E-state index contributed by atoms with van der Waals surface area (Å²) in [6.07, 6.45) is 0.619. The molecule has 7 nitrogen and oxygen atoms in total. The summed E-state index contributed by atoms with van der Waals surface area (Å²) in [5, 5.41) is 3.96. The number of nitrogens with zero attached hydrogens (tertiary/aromatic N) is 3. The second-order valence-corrected chi connectivity index (χ2v) is 6.97. The Hall–Kier alpha value is -1.64. The molecule has 2 aromatic rings. The zero-order valence-electron chi connectivity index (χ0n) is 12.4. The predicted molar refractivity (Wildman–Crippen MR) is 80.3 cm³/mol. The molecule has 1 aromatic heterocycles. The summed E-state index contributed by atoms with van der Waals surface area (Å²) in [5.41, 5.74) is 0. The van der Waals surface area contributed by atoms with Crippen LogP contribution in [0.15, 0.2) is 27.6 Å². The molecule has 1 heterocycles. The van der Waals surface area contributed by atoms with Gasteiger partial charge in [-0.25, -0.2) is 8.42 Å². The fourth-order valence-electron chi connectivity index (χ4n) is 1.76. The monoisotopic (exact) mass is 345 g/mol. The maximum Gasteiger partial charge on any atom is 0.243 e. The molecule has 0 aliphatic carbocycles. The average molecular weight is 346 g/mol. The summed E-state index contributed by atoms with van der Waals surface area (Å²) in [4.78, 5) is 4.16. The highest BCUT2D eigenvalue weighted by Crippen LogP contribution is 2.28. The molecule has 0 unspecified atom stereocenters. The number of hydrogen-bond acceptors (Lipinski definition) is 6. The third kappa shape index (κ3) is 3.40. The third-order valence-corrected chi connectivity index (χ3v) is 5.11. The van der Waals surface area contributed by atoms with Gasteiger partial charge in [0.15, 0.2) is 5.82 Å². The maximum absolute atomic E-state index is 12.5. The van der Waals surface area contributed by atoms with Crippen molar-refractivity contribution in [2.45, 2.75) is 24.8 Å². The lowest BCUT2D eigenvalue weighted by Crippen LogP contribution is -2.26. The lowest BCUT2D eigenvalue weighted by atomic mass is 10.3. The number of aromatic nitrogens is 2. The van der Waals surface area contributed by atoms with E-state index in [0.29, 0.717) is 18.0 Å². The third-order valence-electron chi connectivity index (χ3n) is 3.02. The van der Waals surface area contributed by atoms with Gasteiger partial charge < -0.3 is 9.26 Å². The van der Waals surface area contributed by atoms with E-state index in [4.69, 9.17) is 20.9 Å². The largest absolute Gasteiger partial charge is 0.495 e. The zero-order valence-corrected chi connectivity index (χ0v) is 14.0. The van der Waals surface area contributed by atoms with Crippen LogP contribution in [0.3, 0.4) is 0 Å². The molecule has 2 rings (SSSR count). The minimum atomic E-state index is -3.72. The number of methoxy groups -OCH3 is 1. The molecule has 0 amide bonds. The molecule has 0 bridgehead atoms. The first-order valence-corrected chi connectivity index (χ1v) is 8.31. The van der Waals surface area contributed by atoms with E-state index in [1.54, 1.807) is 0 Å². The van der Waals surface area contributed by atoms with E-state index in [1.165, 1.54) is 32.4 Å². The van der Waals surface area contributed by atoms with Crippen molar-refractivity contribution in [3.05, 3.63) is 34.9 Å². The molecule has 0 atom stereocenters. The quantitative estimate of drug-likeness (QED) is 0.797. The number of rotatable bonds is 6. The molecule has 22 heavy (non-hydrogen) atoms. The molecule has 1 aromatic carbocycles. The second kappa shape index (κ2) is 6.64. The van der Waals surface area contributed by atoms with Crippen LogP contribution in [0.4, 0.5) is 0 Å². The van der Waals surface area contributed by atoms with Crippen LogP contribution in [0, 0.1) is 0 Å². The number of aryl methyl sites for hydroxylation is 1. The van der Waals surface area contributed by atoms with Gasteiger partial charge in [-0.3, -0.25) is 0 Å². The van der Waals surface area contributed by atoms with Crippen molar-refractivity contribution < 1.29 is 17.7 Å². The standard InChI is InChI=1S/C13H16ClN3O4S/c1-4-12-15-13(21-16-12)8-17(2)22(18,19)9-5-6-11(20-3)10(14)7-9/h5-7H,4,8H2,1-3H3. The highest BCUT2D eigenvalue weighted by molar-refractivity contribution is 7.89. The summed E-state index contributed by atoms with van der Waals surface area (Å²) in [6, 6.07) is 4.28. The molecular formula is C13H16ClN3O4S. The van der Waals surface area contributed by atoms with Crippen LogP contribution in [-0.4, -0.2) is 37.0 Å². The lowest BCUT2D eigenvalue weighted by molar-refractivity contribution is 0.334. The number of ether oxygens (including phenoxy) is 1. The highest BCUT2D eigenvalue weighted by Gasteiger charge is 2.24. The van der Waals surface area contributed by atoms with Crippen molar-refractivity contribution in [1.29, 1.82) is 0 Å². The minimum Gasteiger partial charge on any atom is -0.495 e. The SMILES string of the molecule is CCc1noc(CN(C)S(=O)(=O)c2ccc(OC)c(Cl)c2)n1. The normalized spacial score (nSPS) is 11.9. The van der Waals surface area contributed by atoms with Gasteiger partial charge in [-0.1, -0.05) is 23.7 Å². The van der Waals surface area contributed by atoms with Crippen molar-refractivity contribution in [2.24, 2.45) is 0 Å². The molecule has 0 radical (unpaired) electrons. The van der Waals surface area contributed by atoms with E-state index < -0.39 is 10.0 Å². The van der Waals surface area contributed by atoms with Gasteiger partial charge in [0.1, 0.15) is 5.75 Å². The van der Waals surface area contributed by atoms with Crippen LogP contribution in [0.25, 0.3) is 0 Å². The Morgan fingerprint density at radius 2 is 2.14 bits per heavy atom. The Labute approximate surface area is 133 Å². The van der Waals surface area contributed by atoms with E-state index in [2.05, 4.69) is 10.1 Å². The number of hydrogen-bond donors (Lipinski definition) is 0. The van der Waals surface area contributed by atoms with Crippen LogP contribution in [0.5, 0.6) is 5.75 Å². The van der Waals surface area contributed by atoms with Crippen LogP contribution < -0.4 is 4.74 Å².